The maximum Gasteiger partial charge on any atom is 0.343 e. The van der Waals surface area contributed by atoms with Gasteiger partial charge in [0.25, 0.3) is 0 Å². The lowest BCUT2D eigenvalue weighted by Crippen LogP contribution is -2.09. The predicted molar refractivity (Wildman–Crippen MR) is 117 cm³/mol. The van der Waals surface area contributed by atoms with E-state index in [2.05, 4.69) is 0 Å². The highest BCUT2D eigenvalue weighted by Gasteiger charge is 2.30. The van der Waals surface area contributed by atoms with E-state index >= 15 is 0 Å². The average molecular weight is 439 g/mol. The van der Waals surface area contributed by atoms with Crippen molar-refractivity contribution in [3.05, 3.63) is 98.2 Å². The number of ether oxygens (including phenoxy) is 2. The Morgan fingerprint density at radius 1 is 1.00 bits per heavy atom. The molecule has 1 heterocycles. The van der Waals surface area contributed by atoms with Gasteiger partial charge in [-0.15, -0.1) is 0 Å². The van der Waals surface area contributed by atoms with Crippen molar-refractivity contribution in [2.24, 2.45) is 0 Å². The summed E-state index contributed by atoms with van der Waals surface area (Å²) < 4.78 is 11.3. The zero-order valence-electron chi connectivity index (χ0n) is 16.2. The standard InChI is InChI=1S/C24H16Cl2O4/c1-13-5-3-6-15(9-13)24(28)29-16-10-14(2)22-20(11-16)30-21(23(22)27)12-17-18(25)7-4-8-19(17)26/h3-12H,1-2H3/b21-12-. The van der Waals surface area contributed by atoms with Crippen LogP contribution in [-0.2, 0) is 0 Å². The summed E-state index contributed by atoms with van der Waals surface area (Å²) in [5, 5.41) is 0.818. The van der Waals surface area contributed by atoms with Gasteiger partial charge in [0.1, 0.15) is 11.5 Å². The maximum absolute atomic E-state index is 12.8. The van der Waals surface area contributed by atoms with Gasteiger partial charge in [-0.25, -0.2) is 4.79 Å². The highest BCUT2D eigenvalue weighted by Crippen LogP contribution is 2.39. The largest absolute Gasteiger partial charge is 0.452 e. The zero-order valence-corrected chi connectivity index (χ0v) is 17.7. The number of allylic oxidation sites excluding steroid dienone is 1. The number of hydrogen-bond donors (Lipinski definition) is 0. The molecule has 0 saturated heterocycles. The fourth-order valence-electron chi connectivity index (χ4n) is 3.25. The van der Waals surface area contributed by atoms with Gasteiger partial charge in [-0.05, 0) is 55.8 Å². The van der Waals surface area contributed by atoms with E-state index in [0.29, 0.717) is 43.8 Å². The number of ketones is 1. The van der Waals surface area contributed by atoms with Crippen LogP contribution in [0.4, 0.5) is 0 Å². The van der Waals surface area contributed by atoms with Crippen LogP contribution in [0.2, 0.25) is 10.0 Å². The first-order valence-corrected chi connectivity index (χ1v) is 9.91. The van der Waals surface area contributed by atoms with Crippen molar-refractivity contribution in [1.82, 2.24) is 0 Å². The molecule has 0 atom stereocenters. The first kappa shape index (κ1) is 20.2. The van der Waals surface area contributed by atoms with Gasteiger partial charge in [0.05, 0.1) is 11.1 Å². The Bertz CT molecular complexity index is 1210. The number of esters is 1. The van der Waals surface area contributed by atoms with E-state index in [1.54, 1.807) is 49.4 Å². The third kappa shape index (κ3) is 3.84. The summed E-state index contributed by atoms with van der Waals surface area (Å²) in [6, 6.07) is 15.4. The normalized spacial score (nSPS) is 13.9. The van der Waals surface area contributed by atoms with Gasteiger partial charge in [0.2, 0.25) is 5.78 Å². The fraction of sp³-hybridized carbons (Fsp3) is 0.0833. The minimum absolute atomic E-state index is 0.102. The number of hydrogen-bond acceptors (Lipinski definition) is 4. The molecule has 4 nitrogen and oxygen atoms in total. The minimum Gasteiger partial charge on any atom is -0.452 e. The minimum atomic E-state index is -0.485. The van der Waals surface area contributed by atoms with Crippen LogP contribution in [0.25, 0.3) is 6.08 Å². The monoisotopic (exact) mass is 438 g/mol. The SMILES string of the molecule is Cc1cccc(C(=O)Oc2cc(C)c3c(c2)O/C(=C\c2c(Cl)cccc2Cl)C3=O)c1. The van der Waals surface area contributed by atoms with Crippen LogP contribution >= 0.6 is 23.2 Å². The molecule has 1 aliphatic heterocycles. The highest BCUT2D eigenvalue weighted by molar-refractivity contribution is 6.37. The topological polar surface area (TPSA) is 52.6 Å². The third-order valence-electron chi connectivity index (χ3n) is 4.68. The van der Waals surface area contributed by atoms with Crippen molar-refractivity contribution in [3.8, 4) is 11.5 Å². The Morgan fingerprint density at radius 2 is 1.70 bits per heavy atom. The van der Waals surface area contributed by atoms with Crippen molar-refractivity contribution in [2.45, 2.75) is 13.8 Å². The summed E-state index contributed by atoms with van der Waals surface area (Å²) >= 11 is 12.4. The van der Waals surface area contributed by atoms with Crippen LogP contribution < -0.4 is 9.47 Å². The second kappa shape index (κ2) is 7.98. The van der Waals surface area contributed by atoms with Crippen LogP contribution in [0.15, 0.2) is 60.4 Å². The molecule has 4 rings (SSSR count). The molecule has 0 spiro atoms. The Hall–Kier alpha value is -3.08. The average Bonchev–Trinajstić information content (AvgIpc) is 3.00. The number of carbonyl (C=O) groups is 2. The Balaban J connectivity index is 1.64. The third-order valence-corrected chi connectivity index (χ3v) is 5.34. The number of aryl methyl sites for hydroxylation is 2. The van der Waals surface area contributed by atoms with Gasteiger partial charge in [-0.2, -0.15) is 0 Å². The van der Waals surface area contributed by atoms with Crippen molar-refractivity contribution in [1.29, 1.82) is 0 Å². The van der Waals surface area contributed by atoms with E-state index in [1.807, 2.05) is 13.0 Å². The number of rotatable bonds is 3. The molecule has 0 N–H and O–H groups in total. The van der Waals surface area contributed by atoms with Crippen LogP contribution in [0.3, 0.4) is 0 Å². The van der Waals surface area contributed by atoms with Crippen molar-refractivity contribution in [2.75, 3.05) is 0 Å². The lowest BCUT2D eigenvalue weighted by atomic mass is 10.0. The molecule has 0 saturated carbocycles. The van der Waals surface area contributed by atoms with Gasteiger partial charge < -0.3 is 9.47 Å². The fourth-order valence-corrected chi connectivity index (χ4v) is 3.76. The summed E-state index contributed by atoms with van der Waals surface area (Å²) in [4.78, 5) is 25.3. The number of Topliss-reactive ketones (excluding diaryl/α,β-unsaturated/α-hetero) is 1. The molecule has 0 amide bonds. The van der Waals surface area contributed by atoms with Crippen molar-refractivity contribution < 1.29 is 19.1 Å². The summed E-state index contributed by atoms with van der Waals surface area (Å²) in [7, 11) is 0. The molecule has 6 heteroatoms. The van der Waals surface area contributed by atoms with E-state index in [4.69, 9.17) is 32.7 Å². The van der Waals surface area contributed by atoms with Crippen LogP contribution in [0.5, 0.6) is 11.5 Å². The lowest BCUT2D eigenvalue weighted by molar-refractivity contribution is 0.0734. The van der Waals surface area contributed by atoms with Crippen molar-refractivity contribution >= 4 is 41.0 Å². The molecule has 3 aromatic rings. The lowest BCUT2D eigenvalue weighted by Gasteiger charge is -2.08. The van der Waals surface area contributed by atoms with Crippen molar-refractivity contribution in [3.63, 3.8) is 0 Å². The van der Waals surface area contributed by atoms with E-state index in [1.165, 1.54) is 12.1 Å². The molecule has 0 bridgehead atoms. The first-order valence-electron chi connectivity index (χ1n) is 9.15. The van der Waals surface area contributed by atoms with Gasteiger partial charge in [-0.3, -0.25) is 4.79 Å². The smallest absolute Gasteiger partial charge is 0.343 e. The van der Waals surface area contributed by atoms with E-state index in [-0.39, 0.29) is 11.5 Å². The van der Waals surface area contributed by atoms with Gasteiger partial charge in [-0.1, -0.05) is 47.0 Å². The number of fused-ring (bicyclic) bond motifs is 1. The number of halogens is 2. The Morgan fingerprint density at radius 3 is 2.40 bits per heavy atom. The molecule has 0 aliphatic carbocycles. The van der Waals surface area contributed by atoms with E-state index < -0.39 is 5.97 Å². The summed E-state index contributed by atoms with van der Waals surface area (Å²) in [5.41, 5.74) is 2.95. The van der Waals surface area contributed by atoms with Crippen LogP contribution in [-0.4, -0.2) is 11.8 Å². The molecule has 1 aliphatic rings. The molecule has 0 fully saturated rings. The van der Waals surface area contributed by atoms with Crippen LogP contribution in [0.1, 0.15) is 37.4 Å². The van der Waals surface area contributed by atoms with E-state index in [0.717, 1.165) is 5.56 Å². The maximum atomic E-state index is 12.8. The molecule has 0 unspecified atom stereocenters. The molecule has 30 heavy (non-hydrogen) atoms. The molecular weight excluding hydrogens is 423 g/mol. The van der Waals surface area contributed by atoms with Gasteiger partial charge in [0.15, 0.2) is 5.76 Å². The van der Waals surface area contributed by atoms with E-state index in [9.17, 15) is 9.59 Å². The second-order valence-electron chi connectivity index (χ2n) is 6.95. The zero-order chi connectivity index (χ0) is 21.4. The Labute approximate surface area is 183 Å². The summed E-state index contributed by atoms with van der Waals surface area (Å²) in [6.45, 7) is 3.66. The molecule has 0 aromatic heterocycles. The first-order chi connectivity index (χ1) is 14.3. The van der Waals surface area contributed by atoms with Gasteiger partial charge in [0, 0.05) is 21.7 Å². The number of benzene rings is 3. The molecule has 0 radical (unpaired) electrons. The summed E-state index contributed by atoms with van der Waals surface area (Å²) in [6.07, 6.45) is 1.52. The van der Waals surface area contributed by atoms with Crippen LogP contribution in [0, 0.1) is 13.8 Å². The Kier molecular flexibility index (Phi) is 5.37. The predicted octanol–water partition coefficient (Wildman–Crippen LogP) is 6.45. The highest BCUT2D eigenvalue weighted by atomic mass is 35.5. The molecule has 150 valence electrons. The summed E-state index contributed by atoms with van der Waals surface area (Å²) in [5.74, 6) is -0.0506. The number of carbonyl (C=O) groups excluding carboxylic acids is 2. The van der Waals surface area contributed by atoms with Gasteiger partial charge >= 0.3 is 5.97 Å². The quantitative estimate of drug-likeness (QED) is 0.268. The second-order valence-corrected chi connectivity index (χ2v) is 7.76. The molecular formula is C24H16Cl2O4. The molecule has 3 aromatic carbocycles.